The highest BCUT2D eigenvalue weighted by Gasteiger charge is 2.21. The van der Waals surface area contributed by atoms with E-state index in [9.17, 15) is 0 Å². The smallest absolute Gasteiger partial charge is 0.123 e. The van der Waals surface area contributed by atoms with Crippen molar-refractivity contribution in [2.75, 3.05) is 0 Å². The topological polar surface area (TPSA) is 9.23 Å². The van der Waals surface area contributed by atoms with Crippen molar-refractivity contribution in [3.63, 3.8) is 0 Å². The van der Waals surface area contributed by atoms with E-state index in [0.29, 0.717) is 6.10 Å². The number of fused-ring (bicyclic) bond motifs is 1. The molecule has 1 heterocycles. The zero-order valence-electron chi connectivity index (χ0n) is 11.5. The quantitative estimate of drug-likeness (QED) is 0.604. The van der Waals surface area contributed by atoms with E-state index in [-0.39, 0.29) is 4.83 Å². The molecule has 1 aliphatic heterocycles. The summed E-state index contributed by atoms with van der Waals surface area (Å²) in [6.45, 7) is 4.26. The maximum absolute atomic E-state index is 5.77. The van der Waals surface area contributed by atoms with Crippen molar-refractivity contribution in [1.29, 1.82) is 0 Å². The number of hydrogen-bond acceptors (Lipinski definition) is 1. The summed E-state index contributed by atoms with van der Waals surface area (Å²) in [7, 11) is 0. The molecule has 2 atom stereocenters. The zero-order valence-corrected chi connectivity index (χ0v) is 14.7. The normalized spacial score (nSPS) is 18.5. The van der Waals surface area contributed by atoms with Crippen molar-refractivity contribution in [2.24, 2.45) is 0 Å². The van der Waals surface area contributed by atoms with Crippen LogP contribution in [0.4, 0.5) is 0 Å². The molecule has 0 bridgehead atoms. The minimum atomic E-state index is 0.209. The van der Waals surface area contributed by atoms with Gasteiger partial charge in [0.1, 0.15) is 11.9 Å². The minimum absolute atomic E-state index is 0.209. The lowest BCUT2D eigenvalue weighted by Crippen LogP contribution is -2.05. The standard InChI is InChI=1S/C17H16Br2O/c1-10-3-5-14(18)9-15(10)17(19)12-4-6-16-13(8-12)7-11(2)20-16/h3-6,8-9,11,17H,7H2,1-2H3. The Morgan fingerprint density at radius 2 is 2.00 bits per heavy atom. The Balaban J connectivity index is 1.97. The fraction of sp³-hybridized carbons (Fsp3) is 0.294. The molecule has 0 N–H and O–H groups in total. The van der Waals surface area contributed by atoms with Crippen LogP contribution in [0, 0.1) is 6.92 Å². The van der Waals surface area contributed by atoms with Gasteiger partial charge in [-0.1, -0.05) is 50.1 Å². The first-order valence-electron chi connectivity index (χ1n) is 6.74. The second-order valence-electron chi connectivity index (χ2n) is 5.36. The van der Waals surface area contributed by atoms with E-state index in [1.165, 1.54) is 22.3 Å². The third kappa shape index (κ3) is 2.66. The van der Waals surface area contributed by atoms with Crippen LogP contribution < -0.4 is 4.74 Å². The predicted octanol–water partition coefficient (Wildman–Crippen LogP) is 5.57. The Bertz CT molecular complexity index is 651. The van der Waals surface area contributed by atoms with E-state index < -0.39 is 0 Å². The Labute approximate surface area is 136 Å². The van der Waals surface area contributed by atoms with Gasteiger partial charge in [-0.3, -0.25) is 0 Å². The number of benzene rings is 2. The highest BCUT2D eigenvalue weighted by molar-refractivity contribution is 9.10. The fourth-order valence-electron chi connectivity index (χ4n) is 2.66. The highest BCUT2D eigenvalue weighted by Crippen LogP contribution is 2.38. The summed E-state index contributed by atoms with van der Waals surface area (Å²) in [5.74, 6) is 1.03. The fourth-order valence-corrected chi connectivity index (χ4v) is 3.82. The largest absolute Gasteiger partial charge is 0.490 e. The summed E-state index contributed by atoms with van der Waals surface area (Å²) < 4.78 is 6.88. The van der Waals surface area contributed by atoms with Gasteiger partial charge in [-0.25, -0.2) is 0 Å². The number of alkyl halides is 1. The van der Waals surface area contributed by atoms with Gasteiger partial charge in [0.15, 0.2) is 0 Å². The van der Waals surface area contributed by atoms with Gasteiger partial charge < -0.3 is 4.74 Å². The van der Waals surface area contributed by atoms with E-state index in [1.807, 2.05) is 0 Å². The monoisotopic (exact) mass is 394 g/mol. The van der Waals surface area contributed by atoms with Crippen molar-refractivity contribution in [2.45, 2.75) is 31.2 Å². The van der Waals surface area contributed by atoms with Crippen LogP contribution in [0.3, 0.4) is 0 Å². The lowest BCUT2D eigenvalue weighted by molar-refractivity contribution is 0.254. The average molecular weight is 396 g/mol. The molecule has 1 aliphatic rings. The Hall–Kier alpha value is -0.800. The number of rotatable bonds is 2. The highest BCUT2D eigenvalue weighted by atomic mass is 79.9. The van der Waals surface area contributed by atoms with Gasteiger partial charge >= 0.3 is 0 Å². The maximum atomic E-state index is 5.77. The van der Waals surface area contributed by atoms with Crippen molar-refractivity contribution < 1.29 is 4.74 Å². The van der Waals surface area contributed by atoms with E-state index in [4.69, 9.17) is 4.74 Å². The number of hydrogen-bond donors (Lipinski definition) is 0. The molecule has 0 saturated carbocycles. The van der Waals surface area contributed by atoms with Crippen molar-refractivity contribution in [3.05, 3.63) is 63.1 Å². The average Bonchev–Trinajstić information content (AvgIpc) is 2.79. The molecule has 104 valence electrons. The first-order chi connectivity index (χ1) is 9.54. The van der Waals surface area contributed by atoms with Crippen LogP contribution in [0.15, 0.2) is 40.9 Å². The second kappa shape index (κ2) is 5.53. The number of ether oxygens (including phenoxy) is 1. The van der Waals surface area contributed by atoms with Gasteiger partial charge in [-0.05, 0) is 54.3 Å². The first-order valence-corrected chi connectivity index (χ1v) is 8.45. The lowest BCUT2D eigenvalue weighted by Gasteiger charge is -2.15. The van der Waals surface area contributed by atoms with Crippen molar-refractivity contribution >= 4 is 31.9 Å². The van der Waals surface area contributed by atoms with Gasteiger partial charge in [-0.2, -0.15) is 0 Å². The van der Waals surface area contributed by atoms with Crippen LogP contribution in [-0.2, 0) is 6.42 Å². The first kappa shape index (κ1) is 14.2. The summed E-state index contributed by atoms with van der Waals surface area (Å²) in [5.41, 5.74) is 5.18. The van der Waals surface area contributed by atoms with Crippen molar-refractivity contribution in [3.8, 4) is 5.75 Å². The van der Waals surface area contributed by atoms with Crippen molar-refractivity contribution in [1.82, 2.24) is 0 Å². The zero-order chi connectivity index (χ0) is 14.3. The van der Waals surface area contributed by atoms with Crippen LogP contribution in [0.1, 0.15) is 34.0 Å². The second-order valence-corrected chi connectivity index (χ2v) is 7.19. The molecule has 0 radical (unpaired) electrons. The Kier molecular flexibility index (Phi) is 3.91. The van der Waals surface area contributed by atoms with Gasteiger partial charge in [0.2, 0.25) is 0 Å². The Morgan fingerprint density at radius 1 is 1.20 bits per heavy atom. The maximum Gasteiger partial charge on any atom is 0.123 e. The molecule has 0 fully saturated rings. The molecule has 0 aromatic heterocycles. The molecule has 3 rings (SSSR count). The van der Waals surface area contributed by atoms with Crippen LogP contribution in [0.25, 0.3) is 0 Å². The summed E-state index contributed by atoms with van der Waals surface area (Å²) in [4.78, 5) is 0.209. The van der Waals surface area contributed by atoms with E-state index >= 15 is 0 Å². The molecule has 0 spiro atoms. The van der Waals surface area contributed by atoms with E-state index in [0.717, 1.165) is 16.6 Å². The van der Waals surface area contributed by atoms with E-state index in [2.05, 4.69) is 82.1 Å². The molecule has 1 nitrogen and oxygen atoms in total. The summed E-state index contributed by atoms with van der Waals surface area (Å²) >= 11 is 7.39. The van der Waals surface area contributed by atoms with Crippen LogP contribution in [0.5, 0.6) is 5.75 Å². The van der Waals surface area contributed by atoms with Crippen LogP contribution in [0.2, 0.25) is 0 Å². The molecule has 0 saturated heterocycles. The molecule has 3 heteroatoms. The van der Waals surface area contributed by atoms with Gasteiger partial charge in [0.05, 0.1) is 4.83 Å². The van der Waals surface area contributed by atoms with E-state index in [1.54, 1.807) is 0 Å². The third-order valence-corrected chi connectivity index (χ3v) is 5.24. The number of halogens is 2. The van der Waals surface area contributed by atoms with Gasteiger partial charge in [0.25, 0.3) is 0 Å². The molecular weight excluding hydrogens is 380 g/mol. The summed E-state index contributed by atoms with van der Waals surface area (Å²) in [6, 6.07) is 12.9. The molecule has 2 aromatic carbocycles. The van der Waals surface area contributed by atoms with Gasteiger partial charge in [-0.15, -0.1) is 0 Å². The Morgan fingerprint density at radius 3 is 2.80 bits per heavy atom. The molecule has 0 amide bonds. The third-order valence-electron chi connectivity index (χ3n) is 3.73. The predicted molar refractivity (Wildman–Crippen MR) is 89.9 cm³/mol. The summed E-state index contributed by atoms with van der Waals surface area (Å²) in [5, 5.41) is 0. The molecule has 2 unspecified atom stereocenters. The molecule has 2 aromatic rings. The molecule has 0 aliphatic carbocycles. The minimum Gasteiger partial charge on any atom is -0.490 e. The number of aryl methyl sites for hydroxylation is 1. The molecule has 20 heavy (non-hydrogen) atoms. The lowest BCUT2D eigenvalue weighted by atomic mass is 9.98. The summed E-state index contributed by atoms with van der Waals surface area (Å²) in [6.07, 6.45) is 1.29. The van der Waals surface area contributed by atoms with Gasteiger partial charge in [0, 0.05) is 10.9 Å². The van der Waals surface area contributed by atoms with Crippen LogP contribution in [-0.4, -0.2) is 6.10 Å². The molecular formula is C17H16Br2O. The van der Waals surface area contributed by atoms with Crippen LogP contribution >= 0.6 is 31.9 Å². The SMILES string of the molecule is Cc1ccc(Br)cc1C(Br)c1ccc2c(c1)CC(C)O2.